The van der Waals surface area contributed by atoms with Gasteiger partial charge in [-0.15, -0.1) is 0 Å². The van der Waals surface area contributed by atoms with Gasteiger partial charge in [0.25, 0.3) is 10.1 Å². The molecule has 3 nitrogen and oxygen atoms in total. The summed E-state index contributed by atoms with van der Waals surface area (Å²) in [5, 5.41) is 3.47. The first-order chi connectivity index (χ1) is 4.58. The van der Waals surface area contributed by atoms with Gasteiger partial charge < -0.3 is 0 Å². The third-order valence-corrected chi connectivity index (χ3v) is 3.50. The fourth-order valence-electron chi connectivity index (χ4n) is 0.525. The molecule has 0 aromatic rings. The van der Waals surface area contributed by atoms with Crippen LogP contribution in [0.2, 0.25) is 0 Å². The molecule has 0 spiro atoms. The Morgan fingerprint density at radius 3 is 2.20 bits per heavy atom. The second kappa shape index (κ2) is 2.77. The van der Waals surface area contributed by atoms with Gasteiger partial charge in [-0.3, -0.25) is 0 Å². The van der Waals surface area contributed by atoms with Crippen molar-refractivity contribution in [2.75, 3.05) is 6.26 Å². The summed E-state index contributed by atoms with van der Waals surface area (Å²) >= 11 is -0.982. The highest BCUT2D eigenvalue weighted by Crippen LogP contribution is 2.35. The van der Waals surface area contributed by atoms with Crippen LogP contribution in [-0.2, 0) is 13.7 Å². The highest BCUT2D eigenvalue weighted by Gasteiger charge is 2.06. The Kier molecular flexibility index (Phi) is 2.18. The van der Waals surface area contributed by atoms with Crippen molar-refractivity contribution in [1.29, 1.82) is 0 Å². The molecular formula is C5H8O3S2. The lowest BCUT2D eigenvalue weighted by Crippen LogP contribution is -1.97. The largest absolute Gasteiger partial charge is 0.273 e. The van der Waals surface area contributed by atoms with Crippen LogP contribution in [0, 0.1) is 0 Å². The number of thiol groups is 1. The summed E-state index contributed by atoms with van der Waals surface area (Å²) in [6, 6.07) is 0. The molecule has 58 valence electrons. The lowest BCUT2D eigenvalue weighted by atomic mass is 10.6. The van der Waals surface area contributed by atoms with E-state index in [0.717, 1.165) is 6.26 Å². The number of hydrogen-bond donors (Lipinski definition) is 1. The van der Waals surface area contributed by atoms with Gasteiger partial charge in [-0.25, -0.2) is 3.63 Å². The first kappa shape index (κ1) is 7.84. The molecule has 1 rings (SSSR count). The molecule has 0 unspecified atom stereocenters. The molecule has 0 bridgehead atoms. The Morgan fingerprint density at radius 2 is 1.80 bits per heavy atom. The van der Waals surface area contributed by atoms with Crippen molar-refractivity contribution in [2.45, 2.75) is 0 Å². The van der Waals surface area contributed by atoms with Crippen molar-refractivity contribution in [3.63, 3.8) is 0 Å². The molecule has 0 aromatic carbocycles. The Hall–Kier alpha value is -0.260. The van der Waals surface area contributed by atoms with E-state index in [1.54, 1.807) is 23.0 Å². The van der Waals surface area contributed by atoms with Crippen molar-refractivity contribution in [2.24, 2.45) is 0 Å². The van der Waals surface area contributed by atoms with Crippen LogP contribution in [0.15, 0.2) is 23.0 Å². The Morgan fingerprint density at radius 1 is 1.30 bits per heavy atom. The summed E-state index contributed by atoms with van der Waals surface area (Å²) in [5.41, 5.74) is 0. The molecule has 1 heterocycles. The zero-order valence-corrected chi connectivity index (χ0v) is 7.10. The van der Waals surface area contributed by atoms with Crippen molar-refractivity contribution in [3.8, 4) is 0 Å². The smallest absolute Gasteiger partial charge is 0.215 e. The van der Waals surface area contributed by atoms with Gasteiger partial charge in [-0.2, -0.15) is 8.42 Å². The molecule has 0 aliphatic carbocycles. The minimum atomic E-state index is -3.28. The van der Waals surface area contributed by atoms with Crippen LogP contribution in [0.4, 0.5) is 0 Å². The summed E-state index contributed by atoms with van der Waals surface area (Å²) in [7, 11) is -3.28. The summed E-state index contributed by atoms with van der Waals surface area (Å²) in [6.07, 6.45) is 4.60. The zero-order valence-electron chi connectivity index (χ0n) is 5.39. The van der Waals surface area contributed by atoms with Gasteiger partial charge in [0.15, 0.2) is 0 Å². The molecule has 0 aromatic heterocycles. The summed E-state index contributed by atoms with van der Waals surface area (Å²) in [5.74, 6) is 0. The van der Waals surface area contributed by atoms with E-state index in [1.807, 2.05) is 0 Å². The lowest BCUT2D eigenvalue weighted by Gasteiger charge is -2.06. The molecule has 5 heteroatoms. The van der Waals surface area contributed by atoms with Gasteiger partial charge in [-0.05, 0) is 10.8 Å². The lowest BCUT2D eigenvalue weighted by molar-refractivity contribution is 0.525. The normalized spacial score (nSPS) is 20.3. The standard InChI is InChI=1S/C5H8O3S2/c1-10(6,7)8-9-4-2-3-5-9/h2-5,9H,1H3. The zero-order chi connectivity index (χ0) is 7.61. The van der Waals surface area contributed by atoms with Crippen LogP contribution in [0.3, 0.4) is 0 Å². The molecule has 1 aliphatic heterocycles. The minimum Gasteiger partial charge on any atom is -0.215 e. The van der Waals surface area contributed by atoms with E-state index in [-0.39, 0.29) is 0 Å². The molecule has 0 fully saturated rings. The Bertz CT molecular complexity index is 251. The second-order valence-electron chi connectivity index (χ2n) is 1.82. The SMILES string of the molecule is CS(=O)(=O)O[SH]1C=CC=C1. The maximum absolute atomic E-state index is 10.5. The van der Waals surface area contributed by atoms with E-state index < -0.39 is 21.3 Å². The van der Waals surface area contributed by atoms with Crippen LogP contribution < -0.4 is 0 Å². The summed E-state index contributed by atoms with van der Waals surface area (Å²) < 4.78 is 25.7. The monoisotopic (exact) mass is 180 g/mol. The molecule has 0 saturated heterocycles. The molecule has 0 saturated carbocycles. The maximum atomic E-state index is 10.5. The number of hydrogen-bond acceptors (Lipinski definition) is 3. The van der Waals surface area contributed by atoms with Crippen LogP contribution in [-0.4, -0.2) is 14.7 Å². The molecule has 0 radical (unpaired) electrons. The van der Waals surface area contributed by atoms with Gasteiger partial charge in [0.05, 0.1) is 6.26 Å². The summed E-state index contributed by atoms with van der Waals surface area (Å²) in [4.78, 5) is 0. The van der Waals surface area contributed by atoms with E-state index >= 15 is 0 Å². The maximum Gasteiger partial charge on any atom is 0.273 e. The van der Waals surface area contributed by atoms with Gasteiger partial charge in [-0.1, -0.05) is 23.3 Å². The van der Waals surface area contributed by atoms with Gasteiger partial charge in [0.1, 0.15) is 0 Å². The third-order valence-electron chi connectivity index (χ3n) is 0.799. The quantitative estimate of drug-likeness (QED) is 0.643. The van der Waals surface area contributed by atoms with Crippen LogP contribution >= 0.6 is 11.2 Å². The van der Waals surface area contributed by atoms with E-state index in [0.29, 0.717) is 0 Å². The molecule has 0 amide bonds. The highest BCUT2D eigenvalue weighted by molar-refractivity contribution is 8.22. The molecule has 1 aliphatic rings. The predicted molar refractivity (Wildman–Crippen MR) is 43.2 cm³/mol. The minimum absolute atomic E-state index is 0.982. The van der Waals surface area contributed by atoms with E-state index in [9.17, 15) is 8.42 Å². The predicted octanol–water partition coefficient (Wildman–Crippen LogP) is 0.920. The Labute approximate surface area is 63.1 Å². The Balaban J connectivity index is 2.56. The third kappa shape index (κ3) is 2.55. The first-order valence-corrected chi connectivity index (χ1v) is 5.82. The van der Waals surface area contributed by atoms with Crippen LogP contribution in [0.5, 0.6) is 0 Å². The van der Waals surface area contributed by atoms with Crippen molar-refractivity contribution >= 4 is 21.3 Å². The van der Waals surface area contributed by atoms with Crippen molar-refractivity contribution in [1.82, 2.24) is 0 Å². The average Bonchev–Trinajstić information content (AvgIpc) is 2.12. The first-order valence-electron chi connectivity index (χ1n) is 2.61. The molecule has 0 atom stereocenters. The van der Waals surface area contributed by atoms with Gasteiger partial charge in [0.2, 0.25) is 0 Å². The number of rotatable bonds is 2. The second-order valence-corrected chi connectivity index (χ2v) is 5.14. The average molecular weight is 180 g/mol. The van der Waals surface area contributed by atoms with Gasteiger partial charge >= 0.3 is 0 Å². The van der Waals surface area contributed by atoms with Crippen molar-refractivity contribution in [3.05, 3.63) is 23.0 Å². The molecule has 0 N–H and O–H groups in total. The molecular weight excluding hydrogens is 172 g/mol. The van der Waals surface area contributed by atoms with E-state index in [2.05, 4.69) is 3.63 Å². The fraction of sp³-hybridized carbons (Fsp3) is 0.200. The van der Waals surface area contributed by atoms with Gasteiger partial charge in [0, 0.05) is 0 Å². The fourth-order valence-corrected chi connectivity index (χ4v) is 2.81. The summed E-state index contributed by atoms with van der Waals surface area (Å²) in [6.45, 7) is 0. The molecule has 10 heavy (non-hydrogen) atoms. The van der Waals surface area contributed by atoms with Crippen LogP contribution in [0.25, 0.3) is 0 Å². The highest BCUT2D eigenvalue weighted by atomic mass is 32.3. The van der Waals surface area contributed by atoms with E-state index in [4.69, 9.17) is 0 Å². The van der Waals surface area contributed by atoms with Crippen molar-refractivity contribution < 1.29 is 12.0 Å². The number of allylic oxidation sites excluding steroid dienone is 2. The topological polar surface area (TPSA) is 43.4 Å². The van der Waals surface area contributed by atoms with Crippen LogP contribution in [0.1, 0.15) is 0 Å². The van der Waals surface area contributed by atoms with E-state index in [1.165, 1.54) is 0 Å².